The van der Waals surface area contributed by atoms with E-state index in [0.717, 1.165) is 19.3 Å². The van der Waals surface area contributed by atoms with Crippen molar-refractivity contribution < 1.29 is 14.0 Å². The zero-order valence-electron chi connectivity index (χ0n) is 18.5. The average Bonchev–Trinajstić information content (AvgIpc) is 3.28. The van der Waals surface area contributed by atoms with E-state index in [9.17, 15) is 9.59 Å². The van der Waals surface area contributed by atoms with Gasteiger partial charge in [0.15, 0.2) is 0 Å². The van der Waals surface area contributed by atoms with Gasteiger partial charge in [0, 0.05) is 38.6 Å². The van der Waals surface area contributed by atoms with Crippen molar-refractivity contribution in [2.75, 3.05) is 20.1 Å². The molecule has 0 saturated carbocycles. The Morgan fingerprint density at radius 3 is 2.53 bits per heavy atom. The lowest BCUT2D eigenvalue weighted by Gasteiger charge is -2.40. The molecule has 1 saturated heterocycles. The van der Waals surface area contributed by atoms with Crippen molar-refractivity contribution >= 4 is 11.8 Å². The number of nitrogens with zero attached hydrogens (tertiary/aromatic N) is 4. The Morgan fingerprint density at radius 2 is 1.91 bits per heavy atom. The number of aromatic nitrogens is 2. The van der Waals surface area contributed by atoms with Gasteiger partial charge in [-0.3, -0.25) is 14.6 Å². The monoisotopic (exact) mass is 432 g/mol. The average molecular weight is 433 g/mol. The molecular weight excluding hydrogens is 404 g/mol. The third-order valence-corrected chi connectivity index (χ3v) is 6.35. The highest BCUT2D eigenvalue weighted by atomic mass is 16.3. The molecule has 7 nitrogen and oxygen atoms in total. The first kappa shape index (κ1) is 21.7. The Hall–Kier alpha value is -3.48. The number of hydrogen-bond acceptors (Lipinski definition) is 5. The van der Waals surface area contributed by atoms with Gasteiger partial charge in [-0.15, -0.1) is 0 Å². The first-order chi connectivity index (χ1) is 15.5. The molecular formula is C25H28N4O3. The zero-order chi connectivity index (χ0) is 22.5. The molecule has 1 fully saturated rings. The number of likely N-dealkylation sites (N-methyl/N-ethyl adjacent to an activating group) is 1. The van der Waals surface area contributed by atoms with Gasteiger partial charge < -0.3 is 14.2 Å². The molecule has 1 aliphatic heterocycles. The normalized spacial score (nSPS) is 15.4. The highest BCUT2D eigenvalue weighted by molar-refractivity contribution is 5.95. The predicted molar refractivity (Wildman–Crippen MR) is 120 cm³/mol. The molecule has 0 spiro atoms. The lowest BCUT2D eigenvalue weighted by atomic mass is 9.84. The minimum absolute atomic E-state index is 0.0213. The summed E-state index contributed by atoms with van der Waals surface area (Å²) in [4.78, 5) is 37.8. The van der Waals surface area contributed by atoms with E-state index in [-0.39, 0.29) is 23.8 Å². The number of furan rings is 1. The molecule has 166 valence electrons. The topological polar surface area (TPSA) is 79.5 Å². The van der Waals surface area contributed by atoms with Crippen LogP contribution in [0, 0.1) is 12.8 Å². The number of rotatable bonds is 6. The van der Waals surface area contributed by atoms with Crippen molar-refractivity contribution in [3.05, 3.63) is 83.8 Å². The summed E-state index contributed by atoms with van der Waals surface area (Å²) in [5.41, 5.74) is 2.16. The molecule has 7 heteroatoms. The maximum absolute atomic E-state index is 13.2. The molecule has 2 amide bonds. The fourth-order valence-corrected chi connectivity index (χ4v) is 4.48. The fraction of sp³-hybridized carbons (Fsp3) is 0.360. The number of carbonyl (C=O) groups is 2. The van der Waals surface area contributed by atoms with Crippen LogP contribution >= 0.6 is 0 Å². The number of piperidine rings is 1. The van der Waals surface area contributed by atoms with Gasteiger partial charge in [0.05, 0.1) is 18.0 Å². The van der Waals surface area contributed by atoms with Crippen LogP contribution in [0.2, 0.25) is 0 Å². The van der Waals surface area contributed by atoms with Gasteiger partial charge in [-0.2, -0.15) is 0 Å². The van der Waals surface area contributed by atoms with E-state index in [4.69, 9.17) is 4.42 Å². The van der Waals surface area contributed by atoms with E-state index in [1.807, 2.05) is 42.0 Å². The highest BCUT2D eigenvalue weighted by Gasteiger charge is 2.34. The maximum atomic E-state index is 13.2. The Labute approximate surface area is 188 Å². The Kier molecular flexibility index (Phi) is 6.63. The summed E-state index contributed by atoms with van der Waals surface area (Å²) in [7, 11) is 1.87. The summed E-state index contributed by atoms with van der Waals surface area (Å²) in [6.45, 7) is 3.08. The third kappa shape index (κ3) is 4.72. The molecule has 1 aliphatic rings. The van der Waals surface area contributed by atoms with Crippen molar-refractivity contribution in [1.29, 1.82) is 0 Å². The summed E-state index contributed by atoms with van der Waals surface area (Å²) >= 11 is 0. The number of carbonyl (C=O) groups excluding carboxylic acids is 2. The second-order valence-corrected chi connectivity index (χ2v) is 8.28. The Bertz CT molecular complexity index is 1040. The van der Waals surface area contributed by atoms with Crippen LogP contribution < -0.4 is 0 Å². The molecule has 0 aliphatic carbocycles. The number of amides is 2. The van der Waals surface area contributed by atoms with E-state index in [1.165, 1.54) is 18.0 Å². The minimum Gasteiger partial charge on any atom is -0.469 e. The van der Waals surface area contributed by atoms with Crippen LogP contribution in [0.5, 0.6) is 0 Å². The molecule has 3 aromatic rings. The number of aryl methyl sites for hydroxylation is 1. The van der Waals surface area contributed by atoms with E-state index in [1.54, 1.807) is 18.5 Å². The molecule has 0 radical (unpaired) electrons. The largest absolute Gasteiger partial charge is 0.469 e. The van der Waals surface area contributed by atoms with Crippen molar-refractivity contribution in [3.8, 4) is 0 Å². The molecule has 32 heavy (non-hydrogen) atoms. The molecule has 1 aromatic carbocycles. The van der Waals surface area contributed by atoms with E-state index in [2.05, 4.69) is 22.1 Å². The first-order valence-electron chi connectivity index (χ1n) is 10.9. The Morgan fingerprint density at radius 1 is 1.16 bits per heavy atom. The molecule has 2 aromatic heterocycles. The Balaban J connectivity index is 1.50. The van der Waals surface area contributed by atoms with Gasteiger partial charge in [0.2, 0.25) is 0 Å². The van der Waals surface area contributed by atoms with Gasteiger partial charge in [-0.1, -0.05) is 30.3 Å². The van der Waals surface area contributed by atoms with Gasteiger partial charge in [0.1, 0.15) is 11.5 Å². The first-order valence-corrected chi connectivity index (χ1v) is 10.9. The quantitative estimate of drug-likeness (QED) is 0.594. The van der Waals surface area contributed by atoms with Crippen LogP contribution in [-0.2, 0) is 6.42 Å². The van der Waals surface area contributed by atoms with Crippen LogP contribution in [-0.4, -0.2) is 57.8 Å². The van der Waals surface area contributed by atoms with Gasteiger partial charge in [-0.25, -0.2) is 4.98 Å². The van der Waals surface area contributed by atoms with Crippen molar-refractivity contribution in [2.24, 2.45) is 5.92 Å². The van der Waals surface area contributed by atoms with Crippen molar-refractivity contribution in [3.63, 3.8) is 0 Å². The van der Waals surface area contributed by atoms with Crippen LogP contribution in [0.4, 0.5) is 0 Å². The SMILES string of the molecule is Cc1occc1C(=O)N(C)C(Cc1ccccc1)C1CCN(C(=O)c2cnccn2)CC1. The van der Waals surface area contributed by atoms with Crippen LogP contribution in [0.3, 0.4) is 0 Å². The predicted octanol–water partition coefficient (Wildman–Crippen LogP) is 3.61. The minimum atomic E-state index is -0.0883. The van der Waals surface area contributed by atoms with E-state index < -0.39 is 0 Å². The maximum Gasteiger partial charge on any atom is 0.274 e. The van der Waals surface area contributed by atoms with Crippen molar-refractivity contribution in [2.45, 2.75) is 32.2 Å². The van der Waals surface area contributed by atoms with E-state index >= 15 is 0 Å². The van der Waals surface area contributed by atoms with Gasteiger partial charge in [-0.05, 0) is 43.7 Å². The molecule has 3 heterocycles. The second-order valence-electron chi connectivity index (χ2n) is 8.28. The summed E-state index contributed by atoms with van der Waals surface area (Å²) in [5.74, 6) is 0.789. The van der Waals surface area contributed by atoms with Gasteiger partial charge in [0.25, 0.3) is 11.8 Å². The molecule has 1 unspecified atom stereocenters. The lowest BCUT2D eigenvalue weighted by molar-refractivity contribution is 0.0518. The van der Waals surface area contributed by atoms with Crippen LogP contribution in [0.25, 0.3) is 0 Å². The van der Waals surface area contributed by atoms with Crippen LogP contribution in [0.15, 0.2) is 65.7 Å². The lowest BCUT2D eigenvalue weighted by Crippen LogP contribution is -2.48. The fourth-order valence-electron chi connectivity index (χ4n) is 4.48. The molecule has 0 N–H and O–H groups in total. The van der Waals surface area contributed by atoms with Crippen molar-refractivity contribution in [1.82, 2.24) is 19.8 Å². The summed E-state index contributed by atoms with van der Waals surface area (Å²) in [6, 6.07) is 12.0. The number of likely N-dealkylation sites (tertiary alicyclic amines) is 1. The second kappa shape index (κ2) is 9.77. The van der Waals surface area contributed by atoms with Gasteiger partial charge >= 0.3 is 0 Å². The zero-order valence-corrected chi connectivity index (χ0v) is 18.5. The molecule has 0 bridgehead atoms. The number of benzene rings is 1. The highest BCUT2D eigenvalue weighted by Crippen LogP contribution is 2.28. The molecule has 1 atom stereocenters. The van der Waals surface area contributed by atoms with E-state index in [0.29, 0.717) is 30.1 Å². The third-order valence-electron chi connectivity index (χ3n) is 6.35. The number of hydrogen-bond donors (Lipinski definition) is 0. The summed E-state index contributed by atoms with van der Waals surface area (Å²) < 4.78 is 5.36. The summed E-state index contributed by atoms with van der Waals surface area (Å²) in [6.07, 6.45) is 8.57. The van der Waals surface area contributed by atoms with Crippen LogP contribution in [0.1, 0.15) is 45.0 Å². The molecule has 4 rings (SSSR count). The smallest absolute Gasteiger partial charge is 0.274 e. The standard InChI is InChI=1S/C25H28N4O3/c1-18-21(10-15-32-18)24(30)28(2)23(16-19-6-4-3-5-7-19)20-8-13-29(14-9-20)25(31)22-17-26-11-12-27-22/h3-7,10-12,15,17,20,23H,8-9,13-14,16H2,1-2H3. The summed E-state index contributed by atoms with van der Waals surface area (Å²) in [5, 5.41) is 0.